The fraction of sp³-hybridized carbons (Fsp3) is 0.435. The molecule has 1 fully saturated rings. The Balaban J connectivity index is 0.00000210. The van der Waals surface area contributed by atoms with E-state index in [-0.39, 0.29) is 18.4 Å². The molecule has 0 spiro atoms. The zero-order valence-electron chi connectivity index (χ0n) is 15.8. The lowest BCUT2D eigenvalue weighted by Gasteiger charge is -2.38. The van der Waals surface area contributed by atoms with Gasteiger partial charge in [-0.1, -0.05) is 54.6 Å². The van der Waals surface area contributed by atoms with Crippen molar-refractivity contribution in [1.29, 1.82) is 0 Å². The summed E-state index contributed by atoms with van der Waals surface area (Å²) in [7, 11) is 0. The molecule has 0 radical (unpaired) electrons. The quantitative estimate of drug-likeness (QED) is 0.849. The van der Waals surface area contributed by atoms with Gasteiger partial charge in [-0.05, 0) is 61.4 Å². The summed E-state index contributed by atoms with van der Waals surface area (Å²) < 4.78 is 0. The first kappa shape index (κ1) is 19.9. The number of carbonyl (C=O) groups is 1. The smallest absolute Gasteiger partial charge is 0.223 e. The molecule has 2 aromatic rings. The minimum absolute atomic E-state index is 0. The van der Waals surface area contributed by atoms with Crippen LogP contribution < -0.4 is 5.32 Å². The molecule has 144 valence electrons. The third-order valence-electron chi connectivity index (χ3n) is 5.94. The normalized spacial score (nSPS) is 19.9. The van der Waals surface area contributed by atoms with Gasteiger partial charge in [0, 0.05) is 13.0 Å². The van der Waals surface area contributed by atoms with Crippen molar-refractivity contribution in [3.05, 3.63) is 71.3 Å². The Labute approximate surface area is 168 Å². The predicted octanol–water partition coefficient (Wildman–Crippen LogP) is 4.36. The molecule has 0 saturated carbocycles. The van der Waals surface area contributed by atoms with Gasteiger partial charge in [0.25, 0.3) is 0 Å². The molecule has 0 aromatic heterocycles. The van der Waals surface area contributed by atoms with Crippen LogP contribution in [0.1, 0.15) is 48.4 Å². The largest absolute Gasteiger partial charge is 0.331 e. The molecular formula is C23H29ClN2O. The van der Waals surface area contributed by atoms with Crippen LogP contribution in [0.5, 0.6) is 0 Å². The number of benzene rings is 2. The van der Waals surface area contributed by atoms with E-state index >= 15 is 0 Å². The average molecular weight is 385 g/mol. The first-order valence-electron chi connectivity index (χ1n) is 9.96. The molecule has 27 heavy (non-hydrogen) atoms. The van der Waals surface area contributed by atoms with Gasteiger partial charge in [0.1, 0.15) is 0 Å². The Morgan fingerprint density at radius 3 is 2.48 bits per heavy atom. The van der Waals surface area contributed by atoms with Crippen LogP contribution in [0.25, 0.3) is 0 Å². The SMILES string of the molecule is Cl.O=C(CCC1CCNCC1)N1CCc2ccccc2C1c1ccccc1. The number of nitrogens with zero attached hydrogens (tertiary/aromatic N) is 1. The van der Waals surface area contributed by atoms with Crippen molar-refractivity contribution < 1.29 is 4.79 Å². The van der Waals surface area contributed by atoms with E-state index in [0.717, 1.165) is 32.5 Å². The number of fused-ring (bicyclic) bond motifs is 1. The molecule has 1 saturated heterocycles. The van der Waals surface area contributed by atoms with Gasteiger partial charge in [-0.3, -0.25) is 4.79 Å². The second-order valence-corrected chi connectivity index (χ2v) is 7.58. The third kappa shape index (κ3) is 4.53. The number of amides is 1. The molecule has 1 atom stereocenters. The Morgan fingerprint density at radius 2 is 1.70 bits per heavy atom. The zero-order valence-corrected chi connectivity index (χ0v) is 16.6. The summed E-state index contributed by atoms with van der Waals surface area (Å²) in [6, 6.07) is 19.2. The summed E-state index contributed by atoms with van der Waals surface area (Å²) in [4.78, 5) is 15.3. The van der Waals surface area contributed by atoms with Gasteiger partial charge in [-0.25, -0.2) is 0 Å². The topological polar surface area (TPSA) is 32.3 Å². The second kappa shape index (κ2) is 9.38. The summed E-state index contributed by atoms with van der Waals surface area (Å²) in [5.74, 6) is 1.01. The van der Waals surface area contributed by atoms with Crippen LogP contribution in [0.2, 0.25) is 0 Å². The van der Waals surface area contributed by atoms with Crippen molar-refractivity contribution in [2.45, 2.75) is 38.1 Å². The summed E-state index contributed by atoms with van der Waals surface area (Å²) in [6.07, 6.45) is 5.07. The van der Waals surface area contributed by atoms with Gasteiger partial charge in [-0.15, -0.1) is 12.4 Å². The lowest BCUT2D eigenvalue weighted by molar-refractivity contribution is -0.133. The van der Waals surface area contributed by atoms with Gasteiger partial charge in [0.2, 0.25) is 5.91 Å². The lowest BCUT2D eigenvalue weighted by Crippen LogP contribution is -2.40. The average Bonchev–Trinajstić information content (AvgIpc) is 2.72. The maximum Gasteiger partial charge on any atom is 0.223 e. The zero-order chi connectivity index (χ0) is 17.8. The minimum atomic E-state index is 0. The molecule has 3 nitrogen and oxygen atoms in total. The molecule has 1 N–H and O–H groups in total. The van der Waals surface area contributed by atoms with E-state index in [9.17, 15) is 4.79 Å². The van der Waals surface area contributed by atoms with E-state index in [1.54, 1.807) is 0 Å². The molecular weight excluding hydrogens is 356 g/mol. The Hall–Kier alpha value is -1.84. The summed E-state index contributed by atoms with van der Waals surface area (Å²) in [5.41, 5.74) is 3.89. The Bertz CT molecular complexity index is 743. The van der Waals surface area contributed by atoms with Gasteiger partial charge < -0.3 is 10.2 Å². The molecule has 0 aliphatic carbocycles. The van der Waals surface area contributed by atoms with Crippen molar-refractivity contribution in [2.24, 2.45) is 5.92 Å². The first-order chi connectivity index (χ1) is 12.8. The number of rotatable bonds is 4. The van der Waals surface area contributed by atoms with E-state index in [1.807, 2.05) is 6.07 Å². The van der Waals surface area contributed by atoms with Crippen LogP contribution in [-0.2, 0) is 11.2 Å². The van der Waals surface area contributed by atoms with Gasteiger partial charge in [0.15, 0.2) is 0 Å². The highest BCUT2D eigenvalue weighted by Gasteiger charge is 2.31. The fourth-order valence-electron chi connectivity index (χ4n) is 4.47. The predicted molar refractivity (Wildman–Crippen MR) is 112 cm³/mol. The van der Waals surface area contributed by atoms with Crippen LogP contribution in [-0.4, -0.2) is 30.4 Å². The van der Waals surface area contributed by atoms with Crippen LogP contribution >= 0.6 is 12.4 Å². The van der Waals surface area contributed by atoms with Crippen molar-refractivity contribution in [2.75, 3.05) is 19.6 Å². The molecule has 0 bridgehead atoms. The third-order valence-corrected chi connectivity index (χ3v) is 5.94. The second-order valence-electron chi connectivity index (χ2n) is 7.58. The van der Waals surface area contributed by atoms with E-state index < -0.39 is 0 Å². The summed E-state index contributed by atoms with van der Waals surface area (Å²) >= 11 is 0. The van der Waals surface area contributed by atoms with Crippen LogP contribution in [0, 0.1) is 5.92 Å². The summed E-state index contributed by atoms with van der Waals surface area (Å²) in [6.45, 7) is 3.02. The van der Waals surface area contributed by atoms with Crippen molar-refractivity contribution >= 4 is 18.3 Å². The number of hydrogen-bond donors (Lipinski definition) is 1. The van der Waals surface area contributed by atoms with E-state index in [0.29, 0.717) is 18.2 Å². The molecule has 2 aliphatic rings. The van der Waals surface area contributed by atoms with Crippen molar-refractivity contribution in [3.63, 3.8) is 0 Å². The van der Waals surface area contributed by atoms with E-state index in [4.69, 9.17) is 0 Å². The Kier molecular flexibility index (Phi) is 6.92. The number of nitrogens with one attached hydrogen (secondary N) is 1. The maximum atomic E-state index is 13.1. The molecule has 1 amide bonds. The molecule has 2 heterocycles. The molecule has 2 aliphatic heterocycles. The van der Waals surface area contributed by atoms with Crippen LogP contribution in [0.3, 0.4) is 0 Å². The van der Waals surface area contributed by atoms with Crippen LogP contribution in [0.15, 0.2) is 54.6 Å². The van der Waals surface area contributed by atoms with Crippen molar-refractivity contribution in [3.8, 4) is 0 Å². The molecule has 4 heteroatoms. The molecule has 4 rings (SSSR count). The van der Waals surface area contributed by atoms with Gasteiger partial charge in [0.05, 0.1) is 6.04 Å². The molecule has 2 aromatic carbocycles. The van der Waals surface area contributed by atoms with E-state index in [2.05, 4.69) is 58.7 Å². The number of carbonyl (C=O) groups excluding carboxylic acids is 1. The highest BCUT2D eigenvalue weighted by Crippen LogP contribution is 2.35. The van der Waals surface area contributed by atoms with Crippen LogP contribution in [0.4, 0.5) is 0 Å². The standard InChI is InChI=1S/C23H28N2O.ClH/c26-22(11-10-18-12-15-24-16-13-18)25-17-14-19-6-4-5-9-21(19)23(25)20-7-2-1-3-8-20;/h1-9,18,23-24H,10-17H2;1H. The number of hydrogen-bond acceptors (Lipinski definition) is 2. The molecule has 1 unspecified atom stereocenters. The fourth-order valence-corrected chi connectivity index (χ4v) is 4.47. The van der Waals surface area contributed by atoms with Gasteiger partial charge >= 0.3 is 0 Å². The lowest BCUT2D eigenvalue weighted by atomic mass is 9.87. The monoisotopic (exact) mass is 384 g/mol. The Morgan fingerprint density at radius 1 is 1.00 bits per heavy atom. The highest BCUT2D eigenvalue weighted by molar-refractivity contribution is 5.85. The summed E-state index contributed by atoms with van der Waals surface area (Å²) in [5, 5.41) is 3.41. The number of halogens is 1. The first-order valence-corrected chi connectivity index (χ1v) is 9.96. The highest BCUT2D eigenvalue weighted by atomic mass is 35.5. The van der Waals surface area contributed by atoms with E-state index in [1.165, 1.54) is 29.5 Å². The maximum absolute atomic E-state index is 13.1. The minimum Gasteiger partial charge on any atom is -0.331 e. The van der Waals surface area contributed by atoms with Crippen molar-refractivity contribution in [1.82, 2.24) is 10.2 Å². The van der Waals surface area contributed by atoms with Gasteiger partial charge in [-0.2, -0.15) is 0 Å². The number of piperidine rings is 1.